The number of anilines is 1. The van der Waals surface area contributed by atoms with E-state index in [9.17, 15) is 63.2 Å². The predicted molar refractivity (Wildman–Crippen MR) is 373 cm³/mol. The van der Waals surface area contributed by atoms with Crippen molar-refractivity contribution in [2.75, 3.05) is 92.5 Å². The van der Waals surface area contributed by atoms with Crippen LogP contribution in [0.4, 0.5) is 16.4 Å². The summed E-state index contributed by atoms with van der Waals surface area (Å²) in [5, 5.41) is 35.8. The summed E-state index contributed by atoms with van der Waals surface area (Å²) in [5.41, 5.74) is 1.41. The van der Waals surface area contributed by atoms with Crippen LogP contribution in [0, 0.1) is 33.8 Å². The second-order valence-corrected chi connectivity index (χ2v) is 27.1. The molecule has 0 aliphatic carbocycles. The zero-order valence-electron chi connectivity index (χ0n) is 60.6. The fourth-order valence-corrected chi connectivity index (χ4v) is 12.9. The second-order valence-electron chi connectivity index (χ2n) is 26.0. The Morgan fingerprint density at radius 1 is 0.832 bits per heavy atom. The molecule has 2 aliphatic rings. The van der Waals surface area contributed by atoms with Crippen LogP contribution in [-0.4, -0.2) is 233 Å². The highest BCUT2D eigenvalue weighted by Crippen LogP contribution is 2.32. The normalized spacial score (nSPS) is 17.2. The molecular weight excluding hydrogens is 1330 g/mol. The van der Waals surface area contributed by atoms with Gasteiger partial charge in [0, 0.05) is 67.2 Å². The Morgan fingerprint density at radius 3 is 2.13 bits per heavy atom. The molecule has 32 heteroatoms. The standard InChI is InChI=1S/C69H104N12O19S/c1-15-43(6)61(52(95-12)35-57(85)79-28-19-22-50(79)63(96-13)44(7)64(88)73-45(8)62(87)47-20-17-16-18-21-47)77(10)67(91)59(41(2)3)75-65(89)60(42(4)5)78(11)69(92)100-39-46-23-24-51(99-40-48-37-72-68(76(48)9)81(93)94)49(34-46)74-56(84)38-71-55(83)26-30-97-32-33-98-31-27-70-54(82)25-29-80-58(86)36-53(101-14)66(80)90/h16-18,20-21,23-24,34,37,41-45,50,52-53,59-63,87H,15,19,22,25-33,35-36,38-40H2,1-14H3,(H,70,82)(H,71,83)(H,73,88)(H,74,84)(H,75,89)/t43-,44+,45+,50-,52+,53?,59-,60-,61-,62+,63+/m0/s1. The number of amides is 10. The van der Waals surface area contributed by atoms with E-state index in [1.165, 1.54) is 67.9 Å². The van der Waals surface area contributed by atoms with Gasteiger partial charge < -0.3 is 80.0 Å². The second kappa shape index (κ2) is 41.0. The molecule has 2 fully saturated rings. The van der Waals surface area contributed by atoms with Gasteiger partial charge in [-0.1, -0.05) is 96.3 Å². The number of imide groups is 1. The zero-order chi connectivity index (χ0) is 74.8. The number of aliphatic hydroxyl groups excluding tert-OH is 1. The SMILES string of the molecule is CC[C@H](C)[C@@H]([C@@H](CC(=O)N1CCC[C@H]1[C@H](OC)[C@@H](C)C(=O)N[C@H](C)[C@@H](O)c1ccccc1)OC)N(C)C(=O)[C@@H](NC(=O)[C@H](C(C)C)N(C)C(=O)OCc1ccc(OCc2cnc([N+](=O)[O-])n2C)c(NC(=O)CNC(=O)CCOCCOCCNC(=O)CCN2C(=O)CC(SC)C2=O)c1)C(C)C. The molecule has 31 nitrogen and oxygen atoms in total. The molecule has 0 spiro atoms. The lowest BCUT2D eigenvalue weighted by Crippen LogP contribution is -2.60. The van der Waals surface area contributed by atoms with Crippen molar-refractivity contribution < 1.29 is 86.4 Å². The predicted octanol–water partition coefficient (Wildman–Crippen LogP) is 4.27. The molecule has 1 unspecified atom stereocenters. The number of methoxy groups -OCH3 is 2. The van der Waals surface area contributed by atoms with Gasteiger partial charge in [-0.3, -0.25) is 53.0 Å². The van der Waals surface area contributed by atoms with Crippen molar-refractivity contribution in [2.45, 2.75) is 167 Å². The van der Waals surface area contributed by atoms with Crippen molar-refractivity contribution in [3.63, 3.8) is 0 Å². The van der Waals surface area contributed by atoms with Crippen LogP contribution in [0.1, 0.15) is 123 Å². The summed E-state index contributed by atoms with van der Waals surface area (Å²) in [6.07, 6.45) is 1.39. The van der Waals surface area contributed by atoms with E-state index in [-0.39, 0.29) is 125 Å². The quantitative estimate of drug-likeness (QED) is 0.0199. The molecule has 3 heterocycles. The van der Waals surface area contributed by atoms with Crippen molar-refractivity contribution in [2.24, 2.45) is 30.7 Å². The van der Waals surface area contributed by atoms with Crippen LogP contribution in [0.25, 0.3) is 0 Å². The summed E-state index contributed by atoms with van der Waals surface area (Å²) in [5.74, 6) is -5.99. The summed E-state index contributed by atoms with van der Waals surface area (Å²) in [6, 6.07) is 9.52. The highest BCUT2D eigenvalue weighted by atomic mass is 32.2. The van der Waals surface area contributed by atoms with Crippen molar-refractivity contribution in [3.05, 3.63) is 81.7 Å². The summed E-state index contributed by atoms with van der Waals surface area (Å²) >= 11 is 1.30. The van der Waals surface area contributed by atoms with E-state index in [0.717, 1.165) is 9.80 Å². The number of rotatable bonds is 42. The molecule has 3 aromatic rings. The minimum atomic E-state index is -1.16. The summed E-state index contributed by atoms with van der Waals surface area (Å²) < 4.78 is 36.0. The topological polar surface area (TPSA) is 380 Å². The molecule has 0 radical (unpaired) electrons. The monoisotopic (exact) mass is 1440 g/mol. The van der Waals surface area contributed by atoms with Crippen LogP contribution in [0.3, 0.4) is 0 Å². The van der Waals surface area contributed by atoms with Crippen LogP contribution in [-0.2, 0) is 87.1 Å². The van der Waals surface area contributed by atoms with Crippen molar-refractivity contribution in [3.8, 4) is 5.75 Å². The number of thioether (sulfide) groups is 1. The van der Waals surface area contributed by atoms with Crippen molar-refractivity contribution >= 4 is 82.7 Å². The Bertz CT molecular complexity index is 3290. The Kier molecular flexibility index (Phi) is 33.8. The van der Waals surface area contributed by atoms with Gasteiger partial charge in [-0.05, 0) is 72.0 Å². The number of hydrogen-bond donors (Lipinski definition) is 6. The first-order valence-electron chi connectivity index (χ1n) is 34.1. The maximum Gasteiger partial charge on any atom is 0.434 e. The first-order chi connectivity index (χ1) is 48.0. The van der Waals surface area contributed by atoms with E-state index in [1.807, 2.05) is 32.0 Å². The van der Waals surface area contributed by atoms with E-state index in [4.69, 9.17) is 28.4 Å². The number of nitro groups is 1. The molecule has 6 N–H and O–H groups in total. The van der Waals surface area contributed by atoms with E-state index >= 15 is 0 Å². The van der Waals surface area contributed by atoms with Gasteiger partial charge >= 0.3 is 12.0 Å². The number of ether oxygens (including phenoxy) is 6. The number of carbonyl (C=O) groups is 10. The fraction of sp³-hybridized carbons (Fsp3) is 0.638. The number of likely N-dealkylation sites (tertiary alicyclic amines) is 2. The van der Waals surface area contributed by atoms with Crippen molar-refractivity contribution in [1.82, 2.24) is 50.4 Å². The molecule has 10 amide bonds. The smallest absolute Gasteiger partial charge is 0.434 e. The number of nitrogens with one attached hydrogen (secondary N) is 5. The molecular formula is C69H104N12O19S. The highest BCUT2D eigenvalue weighted by molar-refractivity contribution is 8.00. The summed E-state index contributed by atoms with van der Waals surface area (Å²) in [4.78, 5) is 155. The van der Waals surface area contributed by atoms with Crippen LogP contribution < -0.4 is 31.3 Å². The third-order valence-corrected chi connectivity index (χ3v) is 19.2. The third kappa shape index (κ3) is 23.9. The first-order valence-corrected chi connectivity index (χ1v) is 35.4. The number of carbonyl (C=O) groups excluding carboxylic acids is 10. The molecule has 0 saturated carbocycles. The maximum absolute atomic E-state index is 14.9. The lowest BCUT2D eigenvalue weighted by molar-refractivity contribution is -0.396. The zero-order valence-corrected chi connectivity index (χ0v) is 61.4. The molecule has 1 aromatic heterocycles. The lowest BCUT2D eigenvalue weighted by atomic mass is 9.89. The van der Waals surface area contributed by atoms with Gasteiger partial charge in [-0.25, -0.2) is 9.36 Å². The Labute approximate surface area is 595 Å². The average Bonchev–Trinajstić information content (AvgIpc) is 1.64. The van der Waals surface area contributed by atoms with Crippen LogP contribution in [0.15, 0.2) is 54.7 Å². The molecule has 2 aromatic carbocycles. The van der Waals surface area contributed by atoms with Crippen LogP contribution in [0.2, 0.25) is 0 Å². The van der Waals surface area contributed by atoms with Gasteiger partial charge in [-0.2, -0.15) is 11.8 Å². The number of imidazole rings is 1. The van der Waals surface area contributed by atoms with E-state index in [0.29, 0.717) is 42.6 Å². The molecule has 0 bridgehead atoms. The average molecular weight is 1440 g/mol. The molecule has 5 rings (SSSR count). The minimum absolute atomic E-state index is 0.00637. The Balaban J connectivity index is 1.17. The third-order valence-electron chi connectivity index (χ3n) is 18.3. The maximum atomic E-state index is 14.9. The number of likely N-dealkylation sites (N-methyl/N-ethyl adjacent to an activating group) is 2. The van der Waals surface area contributed by atoms with Crippen LogP contribution >= 0.6 is 11.8 Å². The molecule has 560 valence electrons. The number of benzene rings is 2. The van der Waals surface area contributed by atoms with E-state index in [1.54, 1.807) is 77.9 Å². The van der Waals surface area contributed by atoms with Gasteiger partial charge in [0.2, 0.25) is 53.2 Å². The first kappa shape index (κ1) is 83.4. The Morgan fingerprint density at radius 2 is 1.51 bits per heavy atom. The number of aromatic nitrogens is 2. The molecule has 2 saturated heterocycles. The van der Waals surface area contributed by atoms with Gasteiger partial charge in [0.25, 0.3) is 0 Å². The number of aliphatic hydroxyl groups is 1. The van der Waals surface area contributed by atoms with Gasteiger partial charge in [0.1, 0.15) is 37.2 Å². The molecule has 2 aliphatic heterocycles. The van der Waals surface area contributed by atoms with E-state index in [2.05, 4.69) is 31.6 Å². The van der Waals surface area contributed by atoms with E-state index < -0.39 is 119 Å². The molecule has 101 heavy (non-hydrogen) atoms. The Hall–Kier alpha value is -8.30. The fourth-order valence-electron chi connectivity index (χ4n) is 12.3. The minimum Gasteiger partial charge on any atom is -0.484 e. The molecule has 11 atom stereocenters. The number of nitrogens with zero attached hydrogens (tertiary/aromatic N) is 7. The van der Waals surface area contributed by atoms with Gasteiger partial charge in [0.15, 0.2) is 5.69 Å². The summed E-state index contributed by atoms with van der Waals surface area (Å²) in [7, 11) is 7.44. The van der Waals surface area contributed by atoms with Gasteiger partial charge in [-0.15, -0.1) is 0 Å². The highest BCUT2D eigenvalue weighted by Gasteiger charge is 2.44. The lowest BCUT2D eigenvalue weighted by Gasteiger charge is -2.41. The number of hydrogen-bond acceptors (Lipinski definition) is 21. The van der Waals surface area contributed by atoms with Gasteiger partial charge in [0.05, 0.1) is 99.7 Å². The summed E-state index contributed by atoms with van der Waals surface area (Å²) in [6.45, 7) is 14.4. The van der Waals surface area contributed by atoms with Crippen molar-refractivity contribution in [1.29, 1.82) is 0 Å². The largest absolute Gasteiger partial charge is 0.484 e. The van der Waals surface area contributed by atoms with Crippen LogP contribution in [0.5, 0.6) is 5.75 Å².